The molecule has 0 rings (SSSR count). The molecule has 0 bridgehead atoms. The van der Waals surface area contributed by atoms with Crippen LogP contribution >= 0.6 is 0 Å². The normalized spacial score (nSPS) is 13.0. The summed E-state index contributed by atoms with van der Waals surface area (Å²) in [6, 6.07) is 0. The maximum Gasteiger partial charge on any atom is 0.0491 e. The van der Waals surface area contributed by atoms with Gasteiger partial charge in [0.15, 0.2) is 0 Å². The molecule has 48 valence electrons. The van der Waals surface area contributed by atoms with Gasteiger partial charge >= 0.3 is 0 Å². The summed E-state index contributed by atoms with van der Waals surface area (Å²) in [5.41, 5.74) is 1.27. The van der Waals surface area contributed by atoms with Crippen LogP contribution in [-0.2, 0) is 0 Å². The third kappa shape index (κ3) is 3.88. The highest BCUT2D eigenvalue weighted by Gasteiger charge is 1.90. The van der Waals surface area contributed by atoms with Crippen LogP contribution in [0, 0.1) is 5.92 Å². The van der Waals surface area contributed by atoms with Gasteiger partial charge in [-0.05, 0) is 19.8 Å². The van der Waals surface area contributed by atoms with E-state index in [2.05, 4.69) is 6.08 Å². The van der Waals surface area contributed by atoms with E-state index in [0.29, 0.717) is 5.92 Å². The summed E-state index contributed by atoms with van der Waals surface area (Å²) in [5.74, 6) is 0.319. The zero-order chi connectivity index (χ0) is 6.57. The van der Waals surface area contributed by atoms with Crippen molar-refractivity contribution in [3.63, 3.8) is 0 Å². The fourth-order valence-corrected chi connectivity index (χ4v) is 0.622. The van der Waals surface area contributed by atoms with E-state index in [4.69, 9.17) is 5.11 Å². The van der Waals surface area contributed by atoms with Gasteiger partial charge in [-0.3, -0.25) is 0 Å². The van der Waals surface area contributed by atoms with E-state index in [0.717, 1.165) is 0 Å². The molecular weight excluding hydrogens is 100 g/mol. The number of aliphatic hydroxyl groups is 1. The summed E-state index contributed by atoms with van der Waals surface area (Å²) in [6.45, 7) is 6.32. The van der Waals surface area contributed by atoms with Crippen LogP contribution in [0.1, 0.15) is 20.8 Å². The largest absolute Gasteiger partial charge is 0.396 e. The average molecular weight is 114 g/mol. The maximum atomic E-state index is 8.54. The van der Waals surface area contributed by atoms with E-state index < -0.39 is 0 Å². The summed E-state index contributed by atoms with van der Waals surface area (Å²) in [7, 11) is 0. The van der Waals surface area contributed by atoms with Crippen LogP contribution in [0.4, 0.5) is 0 Å². The number of allylic oxidation sites excluding steroid dienone is 1. The van der Waals surface area contributed by atoms with Crippen molar-refractivity contribution in [2.24, 2.45) is 5.92 Å². The molecule has 0 spiro atoms. The molecule has 1 N–H and O–H groups in total. The van der Waals surface area contributed by atoms with Gasteiger partial charge in [-0.15, -0.1) is 0 Å². The smallest absolute Gasteiger partial charge is 0.0491 e. The van der Waals surface area contributed by atoms with Crippen molar-refractivity contribution in [3.05, 3.63) is 11.6 Å². The Balaban J connectivity index is 3.51. The Bertz CT molecular complexity index is 80.4. The van der Waals surface area contributed by atoms with E-state index in [-0.39, 0.29) is 6.61 Å². The van der Waals surface area contributed by atoms with Crippen LogP contribution in [0.5, 0.6) is 0 Å². The van der Waals surface area contributed by atoms with Crippen molar-refractivity contribution in [2.45, 2.75) is 20.8 Å². The molecular formula is C7H14O. The van der Waals surface area contributed by atoms with Gasteiger partial charge in [0.25, 0.3) is 0 Å². The lowest BCUT2D eigenvalue weighted by atomic mass is 10.1. The van der Waals surface area contributed by atoms with Crippen LogP contribution in [0.25, 0.3) is 0 Å². The Kier molecular flexibility index (Phi) is 3.53. The lowest BCUT2D eigenvalue weighted by molar-refractivity contribution is 0.261. The summed E-state index contributed by atoms with van der Waals surface area (Å²) in [6.07, 6.45) is 2.06. The summed E-state index contributed by atoms with van der Waals surface area (Å²) in [5, 5.41) is 8.54. The Hall–Kier alpha value is -0.300. The molecule has 0 aliphatic carbocycles. The molecule has 0 radical (unpaired) electrons. The molecule has 1 atom stereocenters. The van der Waals surface area contributed by atoms with Crippen LogP contribution in [-0.4, -0.2) is 11.7 Å². The Morgan fingerprint density at radius 3 is 2.25 bits per heavy atom. The SMILES string of the molecule is CC(C)=CC(C)CO. The fourth-order valence-electron chi connectivity index (χ4n) is 0.622. The standard InChI is InChI=1S/C7H14O/c1-6(2)4-7(3)5-8/h4,7-8H,5H2,1-3H3. The molecule has 8 heavy (non-hydrogen) atoms. The zero-order valence-corrected chi connectivity index (χ0v) is 5.81. The highest BCUT2D eigenvalue weighted by atomic mass is 16.3. The third-order valence-electron chi connectivity index (χ3n) is 0.906. The van der Waals surface area contributed by atoms with Crippen molar-refractivity contribution in [1.82, 2.24) is 0 Å². The molecule has 0 saturated carbocycles. The predicted octanol–water partition coefficient (Wildman–Crippen LogP) is 1.58. The second-order valence-corrected chi connectivity index (χ2v) is 2.40. The van der Waals surface area contributed by atoms with E-state index in [1.807, 2.05) is 20.8 Å². The molecule has 1 heteroatoms. The highest BCUT2D eigenvalue weighted by molar-refractivity contribution is 4.95. The van der Waals surface area contributed by atoms with Crippen LogP contribution in [0.2, 0.25) is 0 Å². The molecule has 0 saturated heterocycles. The molecule has 0 aliphatic rings. The molecule has 0 heterocycles. The lowest BCUT2D eigenvalue weighted by Gasteiger charge is -1.98. The third-order valence-corrected chi connectivity index (χ3v) is 0.906. The first-order valence-electron chi connectivity index (χ1n) is 2.92. The Morgan fingerprint density at radius 2 is 2.12 bits per heavy atom. The van der Waals surface area contributed by atoms with Gasteiger partial charge in [-0.1, -0.05) is 18.6 Å². The second-order valence-electron chi connectivity index (χ2n) is 2.40. The number of hydrogen-bond donors (Lipinski definition) is 1. The van der Waals surface area contributed by atoms with Crippen molar-refractivity contribution in [2.75, 3.05) is 6.61 Å². The molecule has 0 fully saturated rings. The number of rotatable bonds is 2. The van der Waals surface area contributed by atoms with Crippen molar-refractivity contribution >= 4 is 0 Å². The Labute approximate surface area is 51.0 Å². The first kappa shape index (κ1) is 7.70. The van der Waals surface area contributed by atoms with Gasteiger partial charge in [0.1, 0.15) is 0 Å². The first-order chi connectivity index (χ1) is 3.66. The van der Waals surface area contributed by atoms with E-state index in [1.54, 1.807) is 0 Å². The van der Waals surface area contributed by atoms with Crippen LogP contribution < -0.4 is 0 Å². The first-order valence-corrected chi connectivity index (χ1v) is 2.92. The number of hydrogen-bond acceptors (Lipinski definition) is 1. The highest BCUT2D eigenvalue weighted by Crippen LogP contribution is 1.99. The average Bonchev–Trinajstić information content (AvgIpc) is 1.65. The van der Waals surface area contributed by atoms with Crippen molar-refractivity contribution < 1.29 is 5.11 Å². The quantitative estimate of drug-likeness (QED) is 0.540. The minimum atomic E-state index is 0.255. The zero-order valence-electron chi connectivity index (χ0n) is 5.81. The van der Waals surface area contributed by atoms with Gasteiger partial charge in [-0.25, -0.2) is 0 Å². The Morgan fingerprint density at radius 1 is 1.62 bits per heavy atom. The topological polar surface area (TPSA) is 20.2 Å². The van der Waals surface area contributed by atoms with Gasteiger partial charge in [-0.2, -0.15) is 0 Å². The predicted molar refractivity (Wildman–Crippen MR) is 35.7 cm³/mol. The molecule has 0 aliphatic heterocycles. The lowest BCUT2D eigenvalue weighted by Crippen LogP contribution is -1.95. The minimum absolute atomic E-state index is 0.255. The minimum Gasteiger partial charge on any atom is -0.396 e. The van der Waals surface area contributed by atoms with E-state index >= 15 is 0 Å². The monoisotopic (exact) mass is 114 g/mol. The van der Waals surface area contributed by atoms with Crippen molar-refractivity contribution in [3.8, 4) is 0 Å². The molecule has 1 unspecified atom stereocenters. The van der Waals surface area contributed by atoms with E-state index in [9.17, 15) is 0 Å². The fraction of sp³-hybridized carbons (Fsp3) is 0.714. The summed E-state index contributed by atoms with van der Waals surface area (Å²) < 4.78 is 0. The van der Waals surface area contributed by atoms with E-state index in [1.165, 1.54) is 5.57 Å². The van der Waals surface area contributed by atoms with Gasteiger partial charge in [0, 0.05) is 6.61 Å². The molecule has 0 aromatic carbocycles. The summed E-state index contributed by atoms with van der Waals surface area (Å²) >= 11 is 0. The number of aliphatic hydroxyl groups excluding tert-OH is 1. The van der Waals surface area contributed by atoms with Gasteiger partial charge < -0.3 is 5.11 Å². The van der Waals surface area contributed by atoms with Gasteiger partial charge in [0.05, 0.1) is 0 Å². The molecule has 0 aromatic rings. The van der Waals surface area contributed by atoms with Crippen LogP contribution in [0.3, 0.4) is 0 Å². The molecule has 1 nitrogen and oxygen atoms in total. The summed E-state index contributed by atoms with van der Waals surface area (Å²) in [4.78, 5) is 0. The maximum absolute atomic E-state index is 8.54. The van der Waals surface area contributed by atoms with Crippen molar-refractivity contribution in [1.29, 1.82) is 0 Å². The molecule has 0 amide bonds. The second kappa shape index (κ2) is 3.67. The van der Waals surface area contributed by atoms with Crippen LogP contribution in [0.15, 0.2) is 11.6 Å². The van der Waals surface area contributed by atoms with Gasteiger partial charge in [0.2, 0.25) is 0 Å². The molecule has 0 aromatic heterocycles.